The number of rotatable bonds is 5. The molecule has 2 aromatic carbocycles. The minimum atomic E-state index is -0.813. The van der Waals surface area contributed by atoms with Crippen LogP contribution in [-0.2, 0) is 6.54 Å². The standard InChI is InChI=1S/C22H18FN5O/c23-17-11-15(4-5-16(17)21(25)29)20-8-6-18(24)22(28-20)27-12-13-3-7-19-14(10-13)2-1-9-26-19/h1-11H,12,24H2,(H2,25,29)(H,27,28). The first kappa shape index (κ1) is 18.4. The summed E-state index contributed by atoms with van der Waals surface area (Å²) in [6.07, 6.45) is 1.76. The predicted molar refractivity (Wildman–Crippen MR) is 112 cm³/mol. The van der Waals surface area contributed by atoms with E-state index < -0.39 is 11.7 Å². The molecule has 0 saturated carbocycles. The molecule has 0 unspecified atom stereocenters. The van der Waals surface area contributed by atoms with Gasteiger partial charge in [0.25, 0.3) is 5.91 Å². The Labute approximate surface area is 166 Å². The van der Waals surface area contributed by atoms with Crippen LogP contribution in [0.2, 0.25) is 0 Å². The zero-order chi connectivity index (χ0) is 20.4. The highest BCUT2D eigenvalue weighted by Gasteiger charge is 2.11. The van der Waals surface area contributed by atoms with Crippen LogP contribution < -0.4 is 16.8 Å². The number of amides is 1. The number of anilines is 2. The highest BCUT2D eigenvalue weighted by atomic mass is 19.1. The smallest absolute Gasteiger partial charge is 0.251 e. The van der Waals surface area contributed by atoms with Gasteiger partial charge in [0, 0.05) is 23.7 Å². The zero-order valence-electron chi connectivity index (χ0n) is 15.4. The Hall–Kier alpha value is -4.00. The Kier molecular flexibility index (Phi) is 4.78. The molecule has 144 valence electrons. The summed E-state index contributed by atoms with van der Waals surface area (Å²) in [5.74, 6) is -1.01. The lowest BCUT2D eigenvalue weighted by atomic mass is 10.1. The highest BCUT2D eigenvalue weighted by Crippen LogP contribution is 2.25. The molecule has 4 rings (SSSR count). The van der Waals surface area contributed by atoms with E-state index in [1.54, 1.807) is 24.4 Å². The topological polar surface area (TPSA) is 107 Å². The SMILES string of the molecule is NC(=O)c1ccc(-c2ccc(N)c(NCc3ccc4ncccc4c3)n2)cc1F. The van der Waals surface area contributed by atoms with Gasteiger partial charge < -0.3 is 16.8 Å². The van der Waals surface area contributed by atoms with Gasteiger partial charge in [-0.15, -0.1) is 0 Å². The van der Waals surface area contributed by atoms with Crippen molar-refractivity contribution in [3.05, 3.63) is 83.8 Å². The molecule has 0 fully saturated rings. The van der Waals surface area contributed by atoms with E-state index in [0.29, 0.717) is 29.3 Å². The Morgan fingerprint density at radius 3 is 2.72 bits per heavy atom. The first-order valence-electron chi connectivity index (χ1n) is 8.95. The van der Waals surface area contributed by atoms with Gasteiger partial charge in [-0.1, -0.05) is 18.2 Å². The van der Waals surface area contributed by atoms with E-state index in [2.05, 4.69) is 15.3 Å². The Morgan fingerprint density at radius 1 is 1.07 bits per heavy atom. The molecular formula is C22H18FN5O. The van der Waals surface area contributed by atoms with Crippen LogP contribution in [0.25, 0.3) is 22.2 Å². The van der Waals surface area contributed by atoms with Crippen molar-refractivity contribution in [3.63, 3.8) is 0 Å². The molecule has 7 heteroatoms. The van der Waals surface area contributed by atoms with Crippen LogP contribution in [0, 0.1) is 5.82 Å². The minimum absolute atomic E-state index is 0.159. The fourth-order valence-electron chi connectivity index (χ4n) is 3.07. The number of nitrogens with zero attached hydrogens (tertiary/aromatic N) is 2. The third kappa shape index (κ3) is 3.84. The lowest BCUT2D eigenvalue weighted by Gasteiger charge is -2.11. The van der Waals surface area contributed by atoms with Gasteiger partial charge in [-0.3, -0.25) is 9.78 Å². The number of hydrogen-bond donors (Lipinski definition) is 3. The van der Waals surface area contributed by atoms with E-state index in [4.69, 9.17) is 11.5 Å². The van der Waals surface area contributed by atoms with Crippen molar-refractivity contribution < 1.29 is 9.18 Å². The van der Waals surface area contributed by atoms with E-state index in [1.807, 2.05) is 30.3 Å². The third-order valence-electron chi connectivity index (χ3n) is 4.58. The van der Waals surface area contributed by atoms with Gasteiger partial charge in [-0.05, 0) is 48.0 Å². The molecule has 6 nitrogen and oxygen atoms in total. The minimum Gasteiger partial charge on any atom is -0.396 e. The molecule has 0 aliphatic heterocycles. The first-order valence-corrected chi connectivity index (χ1v) is 8.95. The van der Waals surface area contributed by atoms with Gasteiger partial charge in [-0.2, -0.15) is 0 Å². The van der Waals surface area contributed by atoms with Crippen LogP contribution in [0.5, 0.6) is 0 Å². The summed E-state index contributed by atoms with van der Waals surface area (Å²) in [5.41, 5.74) is 14.5. The van der Waals surface area contributed by atoms with E-state index in [0.717, 1.165) is 16.5 Å². The quantitative estimate of drug-likeness (QED) is 0.484. The molecule has 5 N–H and O–H groups in total. The molecule has 0 aliphatic carbocycles. The van der Waals surface area contributed by atoms with Gasteiger partial charge in [0.2, 0.25) is 0 Å². The predicted octanol–water partition coefficient (Wildman–Crippen LogP) is 3.73. The Bertz CT molecular complexity index is 1220. The zero-order valence-corrected chi connectivity index (χ0v) is 15.4. The number of nitrogens with one attached hydrogen (secondary N) is 1. The van der Waals surface area contributed by atoms with Crippen LogP contribution in [0.15, 0.2) is 66.9 Å². The van der Waals surface area contributed by atoms with Crippen LogP contribution in [0.3, 0.4) is 0 Å². The molecule has 0 spiro atoms. The molecule has 0 radical (unpaired) electrons. The highest BCUT2D eigenvalue weighted by molar-refractivity contribution is 5.93. The van der Waals surface area contributed by atoms with Gasteiger partial charge in [0.05, 0.1) is 22.5 Å². The Balaban J connectivity index is 1.58. The summed E-state index contributed by atoms with van der Waals surface area (Å²) in [6.45, 7) is 0.514. The average molecular weight is 387 g/mol. The van der Waals surface area contributed by atoms with Crippen molar-refractivity contribution in [1.29, 1.82) is 0 Å². The maximum Gasteiger partial charge on any atom is 0.251 e. The fourth-order valence-corrected chi connectivity index (χ4v) is 3.07. The maximum absolute atomic E-state index is 14.1. The number of halogens is 1. The Morgan fingerprint density at radius 2 is 1.93 bits per heavy atom. The van der Waals surface area contributed by atoms with Crippen LogP contribution in [0.1, 0.15) is 15.9 Å². The van der Waals surface area contributed by atoms with Crippen molar-refractivity contribution in [2.45, 2.75) is 6.54 Å². The summed E-state index contributed by atoms with van der Waals surface area (Å²) >= 11 is 0. The van der Waals surface area contributed by atoms with Gasteiger partial charge in [0.15, 0.2) is 0 Å². The van der Waals surface area contributed by atoms with E-state index >= 15 is 0 Å². The van der Waals surface area contributed by atoms with E-state index in [-0.39, 0.29) is 5.56 Å². The van der Waals surface area contributed by atoms with Crippen molar-refractivity contribution in [2.75, 3.05) is 11.1 Å². The average Bonchev–Trinajstić information content (AvgIpc) is 2.72. The number of nitrogens with two attached hydrogens (primary N) is 2. The molecule has 0 bridgehead atoms. The summed E-state index contributed by atoms with van der Waals surface area (Å²) in [5, 5.41) is 4.27. The normalized spacial score (nSPS) is 10.8. The number of pyridine rings is 2. The second-order valence-electron chi connectivity index (χ2n) is 6.58. The lowest BCUT2D eigenvalue weighted by molar-refractivity contribution is 0.0996. The van der Waals surface area contributed by atoms with Crippen molar-refractivity contribution in [3.8, 4) is 11.3 Å². The molecular weight excluding hydrogens is 369 g/mol. The van der Waals surface area contributed by atoms with Gasteiger partial charge in [0.1, 0.15) is 11.6 Å². The van der Waals surface area contributed by atoms with Crippen LogP contribution in [-0.4, -0.2) is 15.9 Å². The fraction of sp³-hybridized carbons (Fsp3) is 0.0455. The number of primary amides is 1. The number of fused-ring (bicyclic) bond motifs is 1. The van der Waals surface area contributed by atoms with Crippen LogP contribution >= 0.6 is 0 Å². The first-order chi connectivity index (χ1) is 14.0. The summed E-state index contributed by atoms with van der Waals surface area (Å²) in [7, 11) is 0. The molecule has 29 heavy (non-hydrogen) atoms. The second kappa shape index (κ2) is 7.55. The molecule has 2 aromatic heterocycles. The summed E-state index contributed by atoms with van der Waals surface area (Å²) < 4.78 is 14.1. The third-order valence-corrected chi connectivity index (χ3v) is 4.58. The molecule has 0 aliphatic rings. The maximum atomic E-state index is 14.1. The number of carbonyl (C=O) groups excluding carboxylic acids is 1. The number of carbonyl (C=O) groups is 1. The second-order valence-corrected chi connectivity index (χ2v) is 6.58. The summed E-state index contributed by atoms with van der Waals surface area (Å²) in [4.78, 5) is 20.0. The van der Waals surface area contributed by atoms with Crippen molar-refractivity contribution in [2.24, 2.45) is 5.73 Å². The number of hydrogen-bond acceptors (Lipinski definition) is 5. The summed E-state index contributed by atoms with van der Waals surface area (Å²) in [6, 6.07) is 17.5. The molecule has 4 aromatic rings. The van der Waals surface area contributed by atoms with Gasteiger partial charge in [-0.25, -0.2) is 9.37 Å². The molecule has 2 heterocycles. The molecule has 0 atom stereocenters. The molecule has 1 amide bonds. The number of aromatic nitrogens is 2. The van der Waals surface area contributed by atoms with Crippen LogP contribution in [0.4, 0.5) is 15.9 Å². The molecule has 0 saturated heterocycles. The van der Waals surface area contributed by atoms with Gasteiger partial charge >= 0.3 is 0 Å². The lowest BCUT2D eigenvalue weighted by Crippen LogP contribution is -2.13. The largest absolute Gasteiger partial charge is 0.396 e. The van der Waals surface area contributed by atoms with E-state index in [9.17, 15) is 9.18 Å². The monoisotopic (exact) mass is 387 g/mol. The number of nitrogen functional groups attached to an aromatic ring is 1. The number of benzene rings is 2. The van der Waals surface area contributed by atoms with Crippen molar-refractivity contribution in [1.82, 2.24) is 9.97 Å². The van der Waals surface area contributed by atoms with Crippen molar-refractivity contribution >= 4 is 28.3 Å². The van der Waals surface area contributed by atoms with E-state index in [1.165, 1.54) is 12.1 Å².